The molecule has 6 nitrogen and oxygen atoms in total. The third-order valence-electron chi connectivity index (χ3n) is 5.91. The second-order valence-corrected chi connectivity index (χ2v) is 8.10. The molecule has 28 heavy (non-hydrogen) atoms. The third-order valence-corrected chi connectivity index (χ3v) is 5.91. The summed E-state index contributed by atoms with van der Waals surface area (Å²) in [6.45, 7) is 7.82. The van der Waals surface area contributed by atoms with Crippen molar-refractivity contribution in [1.29, 1.82) is 0 Å². The van der Waals surface area contributed by atoms with Crippen molar-refractivity contribution >= 4 is 5.91 Å². The molecule has 1 amide bonds. The number of amides is 1. The summed E-state index contributed by atoms with van der Waals surface area (Å²) >= 11 is 0. The van der Waals surface area contributed by atoms with E-state index in [2.05, 4.69) is 52.6 Å². The molecular formula is C22H31N5O. The quantitative estimate of drug-likeness (QED) is 0.884. The van der Waals surface area contributed by atoms with Gasteiger partial charge in [-0.1, -0.05) is 30.3 Å². The molecule has 0 radical (unpaired) electrons. The molecular weight excluding hydrogens is 350 g/mol. The topological polar surface area (TPSA) is 53.4 Å². The van der Waals surface area contributed by atoms with E-state index in [0.29, 0.717) is 11.7 Å². The van der Waals surface area contributed by atoms with Crippen molar-refractivity contribution in [2.75, 3.05) is 32.7 Å². The highest BCUT2D eigenvalue weighted by Gasteiger charge is 2.28. The Morgan fingerprint density at radius 1 is 1.18 bits per heavy atom. The van der Waals surface area contributed by atoms with Gasteiger partial charge in [0, 0.05) is 45.0 Å². The molecule has 1 N–H and O–H groups in total. The molecule has 0 aliphatic carbocycles. The van der Waals surface area contributed by atoms with Gasteiger partial charge in [-0.25, -0.2) is 0 Å². The maximum atomic E-state index is 13.1. The van der Waals surface area contributed by atoms with E-state index in [9.17, 15) is 4.79 Å². The van der Waals surface area contributed by atoms with Crippen LogP contribution in [-0.2, 0) is 6.54 Å². The number of aromatic nitrogens is 2. The highest BCUT2D eigenvalue weighted by molar-refractivity contribution is 5.92. The fraction of sp³-hybridized carbons (Fsp3) is 0.545. The van der Waals surface area contributed by atoms with E-state index in [1.165, 1.54) is 5.56 Å². The molecule has 2 aromatic rings. The van der Waals surface area contributed by atoms with Gasteiger partial charge >= 0.3 is 0 Å². The number of carbonyl (C=O) groups excluding carboxylic acids is 1. The van der Waals surface area contributed by atoms with Crippen molar-refractivity contribution in [3.8, 4) is 0 Å². The number of benzene rings is 1. The van der Waals surface area contributed by atoms with Gasteiger partial charge in [-0.05, 0) is 44.4 Å². The fourth-order valence-electron chi connectivity index (χ4n) is 4.40. The molecule has 2 aliphatic heterocycles. The van der Waals surface area contributed by atoms with Gasteiger partial charge in [0.1, 0.15) is 5.69 Å². The minimum absolute atomic E-state index is 0.0663. The van der Waals surface area contributed by atoms with E-state index in [-0.39, 0.29) is 11.9 Å². The second kappa shape index (κ2) is 8.88. The molecule has 3 heterocycles. The molecule has 1 aromatic carbocycles. The van der Waals surface area contributed by atoms with Crippen molar-refractivity contribution in [3.05, 3.63) is 53.9 Å². The van der Waals surface area contributed by atoms with Crippen LogP contribution in [0.15, 0.2) is 42.6 Å². The van der Waals surface area contributed by atoms with E-state index in [4.69, 9.17) is 0 Å². The van der Waals surface area contributed by atoms with Crippen LogP contribution in [0.5, 0.6) is 0 Å². The van der Waals surface area contributed by atoms with Gasteiger partial charge in [-0.15, -0.1) is 0 Å². The number of rotatable bonds is 4. The van der Waals surface area contributed by atoms with Crippen molar-refractivity contribution in [2.45, 2.75) is 44.8 Å². The maximum Gasteiger partial charge on any atom is 0.274 e. The van der Waals surface area contributed by atoms with Crippen molar-refractivity contribution in [2.24, 2.45) is 0 Å². The summed E-state index contributed by atoms with van der Waals surface area (Å²) < 4.78 is 1.98. The molecule has 2 atom stereocenters. The zero-order valence-corrected chi connectivity index (χ0v) is 16.8. The number of piperidine rings is 1. The predicted molar refractivity (Wildman–Crippen MR) is 110 cm³/mol. The molecule has 0 spiro atoms. The number of hydrogen-bond acceptors (Lipinski definition) is 4. The monoisotopic (exact) mass is 381 g/mol. The lowest BCUT2D eigenvalue weighted by Gasteiger charge is -2.28. The molecule has 6 heteroatoms. The van der Waals surface area contributed by atoms with Crippen molar-refractivity contribution < 1.29 is 4.79 Å². The van der Waals surface area contributed by atoms with E-state index >= 15 is 0 Å². The minimum Gasteiger partial charge on any atom is -0.333 e. The zero-order valence-electron chi connectivity index (χ0n) is 16.8. The minimum atomic E-state index is 0.0663. The van der Waals surface area contributed by atoms with Gasteiger partial charge in [0.2, 0.25) is 0 Å². The summed E-state index contributed by atoms with van der Waals surface area (Å²) in [7, 11) is 0. The van der Waals surface area contributed by atoms with Crippen molar-refractivity contribution in [1.82, 2.24) is 24.9 Å². The van der Waals surface area contributed by atoms with Crippen LogP contribution in [0.1, 0.15) is 48.3 Å². The molecule has 0 saturated carbocycles. The highest BCUT2D eigenvalue weighted by Crippen LogP contribution is 2.18. The number of carbonyl (C=O) groups is 1. The van der Waals surface area contributed by atoms with Gasteiger partial charge in [0.15, 0.2) is 0 Å². The SMILES string of the molecule is CC1CN(Cc2ccccc2)CCCN1C(=O)c1ccn(C2CCCNC2)n1. The van der Waals surface area contributed by atoms with Crippen LogP contribution in [0.3, 0.4) is 0 Å². The Morgan fingerprint density at radius 3 is 2.82 bits per heavy atom. The van der Waals surface area contributed by atoms with Gasteiger partial charge in [-0.2, -0.15) is 5.10 Å². The summed E-state index contributed by atoms with van der Waals surface area (Å²) in [6, 6.07) is 13.0. The summed E-state index contributed by atoms with van der Waals surface area (Å²) in [5.74, 6) is 0.0663. The number of nitrogens with zero attached hydrogens (tertiary/aromatic N) is 4. The molecule has 4 rings (SSSR count). The summed E-state index contributed by atoms with van der Waals surface area (Å²) in [6.07, 6.45) is 5.25. The Labute approximate surface area is 167 Å². The maximum absolute atomic E-state index is 13.1. The molecule has 150 valence electrons. The van der Waals surface area contributed by atoms with E-state index in [1.54, 1.807) is 0 Å². The van der Waals surface area contributed by atoms with Crippen molar-refractivity contribution in [3.63, 3.8) is 0 Å². The third kappa shape index (κ3) is 4.45. The Hall–Kier alpha value is -2.18. The largest absolute Gasteiger partial charge is 0.333 e. The number of nitrogens with one attached hydrogen (secondary N) is 1. The second-order valence-electron chi connectivity index (χ2n) is 8.10. The van der Waals surface area contributed by atoms with E-state index in [0.717, 1.165) is 58.5 Å². The van der Waals surface area contributed by atoms with Crippen LogP contribution in [0.2, 0.25) is 0 Å². The first-order valence-corrected chi connectivity index (χ1v) is 10.5. The fourth-order valence-corrected chi connectivity index (χ4v) is 4.40. The first kappa shape index (κ1) is 19.2. The van der Waals surface area contributed by atoms with Crippen LogP contribution in [0.4, 0.5) is 0 Å². The summed E-state index contributed by atoms with van der Waals surface area (Å²) in [5, 5.41) is 8.05. The first-order valence-electron chi connectivity index (χ1n) is 10.5. The van der Waals surface area contributed by atoms with Crippen LogP contribution < -0.4 is 5.32 Å². The Bertz CT molecular complexity index is 768. The molecule has 1 aromatic heterocycles. The lowest BCUT2D eigenvalue weighted by atomic mass is 10.1. The van der Waals surface area contributed by atoms with Crippen LogP contribution >= 0.6 is 0 Å². The van der Waals surface area contributed by atoms with Crippen LogP contribution in [-0.4, -0.2) is 64.3 Å². The molecule has 2 saturated heterocycles. The average Bonchev–Trinajstić information content (AvgIpc) is 3.15. The summed E-state index contributed by atoms with van der Waals surface area (Å²) in [4.78, 5) is 17.6. The predicted octanol–water partition coefficient (Wildman–Crippen LogP) is 2.54. The van der Waals surface area contributed by atoms with Crippen LogP contribution in [0, 0.1) is 0 Å². The molecule has 2 fully saturated rings. The van der Waals surface area contributed by atoms with Gasteiger partial charge in [0.25, 0.3) is 5.91 Å². The van der Waals surface area contributed by atoms with Gasteiger partial charge in [0.05, 0.1) is 6.04 Å². The number of hydrogen-bond donors (Lipinski definition) is 1. The normalized spacial score (nSPS) is 24.1. The molecule has 0 bridgehead atoms. The lowest BCUT2D eigenvalue weighted by Crippen LogP contribution is -2.42. The smallest absolute Gasteiger partial charge is 0.274 e. The standard InChI is InChI=1S/C22H31N5O/c1-18-16-25(17-19-7-3-2-4-8-19)12-6-13-26(18)22(28)21-10-14-27(24-21)20-9-5-11-23-15-20/h2-4,7-8,10,14,18,20,23H,5-6,9,11-13,15-17H2,1H3. The molecule has 2 aliphatic rings. The summed E-state index contributed by atoms with van der Waals surface area (Å²) in [5.41, 5.74) is 1.91. The lowest BCUT2D eigenvalue weighted by molar-refractivity contribution is 0.0684. The first-order chi connectivity index (χ1) is 13.7. The zero-order chi connectivity index (χ0) is 19.3. The van der Waals surface area contributed by atoms with Gasteiger partial charge in [-0.3, -0.25) is 14.4 Å². The van der Waals surface area contributed by atoms with E-state index in [1.807, 2.05) is 21.8 Å². The molecule has 2 unspecified atom stereocenters. The average molecular weight is 382 g/mol. The van der Waals surface area contributed by atoms with Gasteiger partial charge < -0.3 is 10.2 Å². The highest BCUT2D eigenvalue weighted by atomic mass is 16.2. The van der Waals surface area contributed by atoms with Crippen LogP contribution in [0.25, 0.3) is 0 Å². The Morgan fingerprint density at radius 2 is 2.04 bits per heavy atom. The Kier molecular flexibility index (Phi) is 6.07. The van der Waals surface area contributed by atoms with E-state index < -0.39 is 0 Å². The Balaban J connectivity index is 1.39.